The molecular weight excluding hydrogens is 639 g/mol. The molecule has 238 valence electrons. The molecule has 7 aromatic carbocycles. The summed E-state index contributed by atoms with van der Waals surface area (Å²) in [6.07, 6.45) is 0. The van der Waals surface area contributed by atoms with Crippen molar-refractivity contribution in [2.24, 2.45) is 0 Å². The van der Waals surface area contributed by atoms with Crippen LogP contribution in [0.15, 0.2) is 176 Å². The van der Waals surface area contributed by atoms with Crippen molar-refractivity contribution in [2.45, 2.75) is 0 Å². The van der Waals surface area contributed by atoms with Crippen molar-refractivity contribution in [1.29, 1.82) is 0 Å². The highest BCUT2D eigenvalue weighted by molar-refractivity contribution is 7.26. The number of thiophene rings is 1. The van der Waals surface area contributed by atoms with E-state index in [0.29, 0.717) is 5.82 Å². The van der Waals surface area contributed by atoms with Gasteiger partial charge in [-0.15, -0.1) is 11.3 Å². The molecule has 0 aliphatic carbocycles. The molecular formula is C47H29N3S. The first kappa shape index (κ1) is 29.4. The quantitative estimate of drug-likeness (QED) is 0.183. The Morgan fingerprint density at radius 3 is 1.80 bits per heavy atom. The molecule has 3 nitrogen and oxygen atoms in total. The maximum atomic E-state index is 5.50. The second-order valence-electron chi connectivity index (χ2n) is 12.8. The zero-order chi connectivity index (χ0) is 33.7. The van der Waals surface area contributed by atoms with Crippen molar-refractivity contribution in [3.63, 3.8) is 0 Å². The van der Waals surface area contributed by atoms with E-state index in [1.807, 2.05) is 23.5 Å². The van der Waals surface area contributed by atoms with Crippen molar-refractivity contribution in [3.8, 4) is 56.3 Å². The van der Waals surface area contributed by atoms with Crippen LogP contribution in [0.4, 0.5) is 0 Å². The highest BCUT2D eigenvalue weighted by Crippen LogP contribution is 2.44. The van der Waals surface area contributed by atoms with Gasteiger partial charge in [-0.05, 0) is 40.1 Å². The summed E-state index contributed by atoms with van der Waals surface area (Å²) in [5, 5.41) is 6.00. The number of nitrogens with zero attached hydrogens (tertiary/aromatic N) is 3. The standard InChI is InChI=1S/C47H29N3S/c1-3-12-30(13-4-1)31-22-24-34(25-23-31)47-49-40(33-15-5-2-6-16-33)29-41(50-47)35-26-27-38-42(28-35)48-45(37-20-11-17-32-14-7-8-18-36(32)37)44-39-19-9-10-21-43(39)51-46(38)44/h1-29H. The van der Waals surface area contributed by atoms with E-state index in [1.165, 1.54) is 36.5 Å². The van der Waals surface area contributed by atoms with Gasteiger partial charge in [0.15, 0.2) is 5.82 Å². The maximum Gasteiger partial charge on any atom is 0.160 e. The molecule has 0 unspecified atom stereocenters. The lowest BCUT2D eigenvalue weighted by atomic mass is 9.97. The highest BCUT2D eigenvalue weighted by Gasteiger charge is 2.19. The largest absolute Gasteiger partial charge is 0.247 e. The average molecular weight is 668 g/mol. The summed E-state index contributed by atoms with van der Waals surface area (Å²) in [4.78, 5) is 15.8. The monoisotopic (exact) mass is 667 g/mol. The van der Waals surface area contributed by atoms with E-state index >= 15 is 0 Å². The van der Waals surface area contributed by atoms with E-state index in [9.17, 15) is 0 Å². The molecule has 3 aromatic heterocycles. The van der Waals surface area contributed by atoms with Gasteiger partial charge in [-0.25, -0.2) is 15.0 Å². The van der Waals surface area contributed by atoms with Gasteiger partial charge in [0.1, 0.15) is 0 Å². The fourth-order valence-corrected chi connectivity index (χ4v) is 8.41. The molecule has 0 amide bonds. The number of benzene rings is 7. The van der Waals surface area contributed by atoms with E-state index in [0.717, 1.165) is 55.8 Å². The van der Waals surface area contributed by atoms with Crippen molar-refractivity contribution in [3.05, 3.63) is 176 Å². The Labute approximate surface area is 299 Å². The lowest BCUT2D eigenvalue weighted by Crippen LogP contribution is -1.96. The Morgan fingerprint density at radius 2 is 1.00 bits per heavy atom. The van der Waals surface area contributed by atoms with Gasteiger partial charge in [0, 0.05) is 47.8 Å². The third-order valence-electron chi connectivity index (χ3n) is 9.69. The zero-order valence-corrected chi connectivity index (χ0v) is 28.3. The summed E-state index contributed by atoms with van der Waals surface area (Å²) in [5.41, 5.74) is 10.2. The van der Waals surface area contributed by atoms with E-state index < -0.39 is 0 Å². The van der Waals surface area contributed by atoms with Crippen LogP contribution < -0.4 is 0 Å². The van der Waals surface area contributed by atoms with Gasteiger partial charge in [-0.3, -0.25) is 0 Å². The Kier molecular flexibility index (Phi) is 7.00. The first-order valence-electron chi connectivity index (χ1n) is 17.1. The smallest absolute Gasteiger partial charge is 0.160 e. The number of hydrogen-bond acceptors (Lipinski definition) is 4. The van der Waals surface area contributed by atoms with Gasteiger partial charge in [0.2, 0.25) is 0 Å². The molecule has 0 aliphatic rings. The fraction of sp³-hybridized carbons (Fsp3) is 0. The Bertz CT molecular complexity index is 2890. The highest BCUT2D eigenvalue weighted by atomic mass is 32.1. The average Bonchev–Trinajstić information content (AvgIpc) is 3.61. The number of pyridine rings is 1. The Balaban J connectivity index is 1.18. The van der Waals surface area contributed by atoms with Crippen LogP contribution in [0.1, 0.15) is 0 Å². The van der Waals surface area contributed by atoms with Crippen LogP contribution >= 0.6 is 11.3 Å². The minimum atomic E-state index is 0.690. The minimum absolute atomic E-state index is 0.690. The third-order valence-corrected chi connectivity index (χ3v) is 10.9. The molecule has 0 atom stereocenters. The predicted molar refractivity (Wildman–Crippen MR) is 215 cm³/mol. The lowest BCUT2D eigenvalue weighted by molar-refractivity contribution is 1.18. The molecule has 10 rings (SSSR count). The Morgan fingerprint density at radius 1 is 0.392 bits per heavy atom. The topological polar surface area (TPSA) is 38.7 Å². The number of rotatable bonds is 5. The zero-order valence-electron chi connectivity index (χ0n) is 27.5. The van der Waals surface area contributed by atoms with Crippen LogP contribution in [0.3, 0.4) is 0 Å². The van der Waals surface area contributed by atoms with Crippen molar-refractivity contribution in [1.82, 2.24) is 15.0 Å². The summed E-state index contributed by atoms with van der Waals surface area (Å²) < 4.78 is 2.51. The van der Waals surface area contributed by atoms with E-state index in [2.05, 4.69) is 164 Å². The van der Waals surface area contributed by atoms with Gasteiger partial charge >= 0.3 is 0 Å². The molecule has 3 heterocycles. The van der Waals surface area contributed by atoms with Crippen molar-refractivity contribution >= 4 is 53.2 Å². The number of fused-ring (bicyclic) bond motifs is 6. The van der Waals surface area contributed by atoms with Crippen LogP contribution in [0, 0.1) is 0 Å². The number of aromatic nitrogens is 3. The first-order valence-corrected chi connectivity index (χ1v) is 17.9. The van der Waals surface area contributed by atoms with Gasteiger partial charge in [0.05, 0.1) is 22.6 Å². The van der Waals surface area contributed by atoms with E-state index in [1.54, 1.807) is 0 Å². The molecule has 0 fully saturated rings. The molecule has 0 saturated heterocycles. The summed E-state index contributed by atoms with van der Waals surface area (Å²) in [5.74, 6) is 0.690. The fourth-order valence-electron chi connectivity index (χ4n) is 7.17. The summed E-state index contributed by atoms with van der Waals surface area (Å²) >= 11 is 1.84. The van der Waals surface area contributed by atoms with Crippen LogP contribution in [-0.2, 0) is 0 Å². The van der Waals surface area contributed by atoms with Crippen molar-refractivity contribution in [2.75, 3.05) is 0 Å². The molecule has 0 saturated carbocycles. The predicted octanol–water partition coefficient (Wildman–Crippen LogP) is 12.9. The van der Waals surface area contributed by atoms with Gasteiger partial charge in [-0.2, -0.15) is 0 Å². The van der Waals surface area contributed by atoms with E-state index in [-0.39, 0.29) is 0 Å². The van der Waals surface area contributed by atoms with Gasteiger partial charge in [0.25, 0.3) is 0 Å². The van der Waals surface area contributed by atoms with Crippen LogP contribution in [-0.4, -0.2) is 15.0 Å². The lowest BCUT2D eigenvalue weighted by Gasteiger charge is -2.12. The molecule has 0 spiro atoms. The molecule has 10 aromatic rings. The van der Waals surface area contributed by atoms with Gasteiger partial charge < -0.3 is 0 Å². The first-order chi connectivity index (χ1) is 25.3. The van der Waals surface area contributed by atoms with Crippen LogP contribution in [0.25, 0.3) is 98.1 Å². The van der Waals surface area contributed by atoms with Crippen LogP contribution in [0.2, 0.25) is 0 Å². The van der Waals surface area contributed by atoms with Crippen molar-refractivity contribution < 1.29 is 0 Å². The normalized spacial score (nSPS) is 11.5. The van der Waals surface area contributed by atoms with Gasteiger partial charge in [-0.1, -0.05) is 158 Å². The second-order valence-corrected chi connectivity index (χ2v) is 13.8. The molecule has 0 radical (unpaired) electrons. The molecule has 0 aliphatic heterocycles. The van der Waals surface area contributed by atoms with E-state index in [4.69, 9.17) is 15.0 Å². The molecule has 4 heteroatoms. The molecule has 0 N–H and O–H groups in total. The minimum Gasteiger partial charge on any atom is -0.247 e. The molecule has 51 heavy (non-hydrogen) atoms. The second kappa shape index (κ2) is 12.1. The molecule has 0 bridgehead atoms. The summed E-state index contributed by atoms with van der Waals surface area (Å²) in [6, 6.07) is 61.8. The summed E-state index contributed by atoms with van der Waals surface area (Å²) in [7, 11) is 0. The Hall–Kier alpha value is -6.49. The van der Waals surface area contributed by atoms with Crippen LogP contribution in [0.5, 0.6) is 0 Å². The third kappa shape index (κ3) is 5.16. The SMILES string of the molecule is c1ccc(-c2ccc(-c3nc(-c4ccccc4)cc(-c4ccc5c(c4)nc(-c4cccc6ccccc46)c4c6ccccc6sc54)n3)cc2)cc1. The maximum absolute atomic E-state index is 5.50. The summed E-state index contributed by atoms with van der Waals surface area (Å²) in [6.45, 7) is 0. The number of hydrogen-bond donors (Lipinski definition) is 0.